The summed E-state index contributed by atoms with van der Waals surface area (Å²) >= 11 is 0. The lowest BCUT2D eigenvalue weighted by Crippen LogP contribution is -2.75. The van der Waals surface area contributed by atoms with Gasteiger partial charge in [0.2, 0.25) is 0 Å². The predicted octanol–water partition coefficient (Wildman–Crippen LogP) is 0.369. The molecule has 0 atom stereocenters. The molecule has 0 unspecified atom stereocenters. The largest absolute Gasteiger partial charge is 0.508 e. The molecule has 4 heterocycles. The standard InChI is InChI=1S/C14H18N4O/c19-13-3-1-12(2-4-13)5-15-14-6-16-9-17(7-14)11-18(8-14)10-16/h1-5,19H,6-11H2. The van der Waals surface area contributed by atoms with Gasteiger partial charge in [-0.15, -0.1) is 0 Å². The van der Waals surface area contributed by atoms with Crippen molar-refractivity contribution >= 4 is 6.21 Å². The number of aromatic hydroxyl groups is 1. The molecule has 4 aliphatic heterocycles. The molecule has 0 aliphatic carbocycles. The third kappa shape index (κ3) is 2.04. The summed E-state index contributed by atoms with van der Waals surface area (Å²) in [6.45, 7) is 6.46. The molecule has 19 heavy (non-hydrogen) atoms. The maximum Gasteiger partial charge on any atom is 0.115 e. The van der Waals surface area contributed by atoms with E-state index < -0.39 is 0 Å². The highest BCUT2D eigenvalue weighted by Gasteiger charge is 2.48. The van der Waals surface area contributed by atoms with Crippen LogP contribution in [0.15, 0.2) is 29.3 Å². The van der Waals surface area contributed by atoms with Gasteiger partial charge in [0.05, 0.1) is 25.5 Å². The molecule has 5 rings (SSSR count). The number of benzene rings is 1. The van der Waals surface area contributed by atoms with Crippen molar-refractivity contribution < 1.29 is 5.11 Å². The smallest absolute Gasteiger partial charge is 0.115 e. The third-order valence-corrected chi connectivity index (χ3v) is 4.13. The molecule has 1 aromatic rings. The van der Waals surface area contributed by atoms with Gasteiger partial charge in [0.1, 0.15) is 5.75 Å². The molecule has 1 aromatic carbocycles. The predicted molar refractivity (Wildman–Crippen MR) is 73.2 cm³/mol. The molecule has 5 heteroatoms. The van der Waals surface area contributed by atoms with Crippen molar-refractivity contribution in [3.8, 4) is 5.75 Å². The van der Waals surface area contributed by atoms with Gasteiger partial charge < -0.3 is 5.11 Å². The summed E-state index contributed by atoms with van der Waals surface area (Å²) in [4.78, 5) is 12.3. The Morgan fingerprint density at radius 2 is 1.47 bits per heavy atom. The van der Waals surface area contributed by atoms with E-state index in [1.807, 2.05) is 18.3 Å². The Kier molecular flexibility index (Phi) is 2.42. The third-order valence-electron chi connectivity index (χ3n) is 4.13. The van der Waals surface area contributed by atoms with Crippen molar-refractivity contribution in [3.05, 3.63) is 29.8 Å². The summed E-state index contributed by atoms with van der Waals surface area (Å²) in [6.07, 6.45) is 1.95. The Morgan fingerprint density at radius 3 is 2.00 bits per heavy atom. The van der Waals surface area contributed by atoms with Gasteiger partial charge in [-0.3, -0.25) is 19.7 Å². The zero-order chi connectivity index (χ0) is 12.9. The van der Waals surface area contributed by atoms with E-state index in [1.54, 1.807) is 12.1 Å². The van der Waals surface area contributed by atoms with E-state index in [4.69, 9.17) is 4.99 Å². The zero-order valence-corrected chi connectivity index (χ0v) is 10.9. The molecule has 0 amide bonds. The van der Waals surface area contributed by atoms with Crippen molar-refractivity contribution in [2.24, 2.45) is 4.99 Å². The van der Waals surface area contributed by atoms with Crippen LogP contribution in [0.2, 0.25) is 0 Å². The molecule has 4 saturated heterocycles. The second-order valence-electron chi connectivity index (χ2n) is 5.99. The molecule has 0 aromatic heterocycles. The summed E-state index contributed by atoms with van der Waals surface area (Å²) in [7, 11) is 0. The van der Waals surface area contributed by atoms with Crippen molar-refractivity contribution in [3.63, 3.8) is 0 Å². The van der Waals surface area contributed by atoms with Crippen LogP contribution in [0, 0.1) is 0 Å². The lowest BCUT2D eigenvalue weighted by atomic mass is 9.91. The number of phenolic OH excluding ortho intramolecular Hbond substituents is 1. The maximum absolute atomic E-state index is 9.29. The highest BCUT2D eigenvalue weighted by atomic mass is 16.3. The van der Waals surface area contributed by atoms with Gasteiger partial charge in [-0.2, -0.15) is 0 Å². The normalized spacial score (nSPS) is 40.1. The minimum absolute atomic E-state index is 0.0344. The van der Waals surface area contributed by atoms with Crippen molar-refractivity contribution in [2.75, 3.05) is 39.6 Å². The lowest BCUT2D eigenvalue weighted by molar-refractivity contribution is -0.139. The Bertz CT molecular complexity index is 475. The SMILES string of the molecule is Oc1ccc(C=NC23CN4CN(CN(C4)C2)C3)cc1. The van der Waals surface area contributed by atoms with E-state index >= 15 is 0 Å². The topological polar surface area (TPSA) is 42.3 Å². The minimum Gasteiger partial charge on any atom is -0.508 e. The molecule has 0 spiro atoms. The molecular formula is C14H18N4O. The highest BCUT2D eigenvalue weighted by Crippen LogP contribution is 2.31. The van der Waals surface area contributed by atoms with Gasteiger partial charge >= 0.3 is 0 Å². The lowest BCUT2D eigenvalue weighted by Gasteiger charge is -2.59. The first-order valence-electron chi connectivity index (χ1n) is 6.72. The molecule has 4 fully saturated rings. The second kappa shape index (κ2) is 4.03. The summed E-state index contributed by atoms with van der Waals surface area (Å²) < 4.78 is 0. The van der Waals surface area contributed by atoms with Gasteiger partial charge in [0.25, 0.3) is 0 Å². The van der Waals surface area contributed by atoms with Gasteiger partial charge in [-0.05, 0) is 29.8 Å². The van der Waals surface area contributed by atoms with E-state index in [9.17, 15) is 5.11 Å². The number of nitrogens with zero attached hydrogens (tertiary/aromatic N) is 4. The van der Waals surface area contributed by atoms with Crippen LogP contribution in [0.5, 0.6) is 5.75 Å². The molecule has 100 valence electrons. The summed E-state index contributed by atoms with van der Waals surface area (Å²) in [5, 5.41) is 9.29. The number of rotatable bonds is 2. The molecule has 4 aliphatic rings. The molecule has 5 nitrogen and oxygen atoms in total. The number of phenols is 1. The van der Waals surface area contributed by atoms with Gasteiger partial charge in [-0.1, -0.05) is 0 Å². The monoisotopic (exact) mass is 258 g/mol. The van der Waals surface area contributed by atoms with Gasteiger partial charge in [0.15, 0.2) is 0 Å². The van der Waals surface area contributed by atoms with Crippen LogP contribution in [-0.4, -0.2) is 71.2 Å². The fourth-order valence-corrected chi connectivity index (χ4v) is 3.58. The fourth-order valence-electron chi connectivity index (χ4n) is 3.58. The van der Waals surface area contributed by atoms with E-state index in [0.29, 0.717) is 5.75 Å². The quantitative estimate of drug-likeness (QED) is 0.778. The first kappa shape index (κ1) is 11.4. The average Bonchev–Trinajstić information content (AvgIpc) is 2.36. The zero-order valence-electron chi connectivity index (χ0n) is 10.9. The molecule has 0 saturated carbocycles. The fraction of sp³-hybridized carbons (Fsp3) is 0.500. The first-order chi connectivity index (χ1) is 9.21. The molecule has 4 bridgehead atoms. The number of aliphatic imine (C=N–C) groups is 1. The Hall–Kier alpha value is -1.43. The average molecular weight is 258 g/mol. The van der Waals surface area contributed by atoms with Gasteiger partial charge in [-0.25, -0.2) is 0 Å². The minimum atomic E-state index is 0.0344. The van der Waals surface area contributed by atoms with E-state index in [-0.39, 0.29) is 5.54 Å². The first-order valence-corrected chi connectivity index (χ1v) is 6.72. The van der Waals surface area contributed by atoms with Crippen LogP contribution in [-0.2, 0) is 0 Å². The van der Waals surface area contributed by atoms with Crippen molar-refractivity contribution in [1.29, 1.82) is 0 Å². The molecule has 0 radical (unpaired) electrons. The van der Waals surface area contributed by atoms with E-state index in [0.717, 1.165) is 45.2 Å². The summed E-state index contributed by atoms with van der Waals surface area (Å²) in [6, 6.07) is 7.22. The summed E-state index contributed by atoms with van der Waals surface area (Å²) in [5.41, 5.74) is 1.08. The van der Waals surface area contributed by atoms with Crippen LogP contribution >= 0.6 is 0 Å². The van der Waals surface area contributed by atoms with Crippen LogP contribution in [0.1, 0.15) is 5.56 Å². The van der Waals surface area contributed by atoms with Crippen molar-refractivity contribution in [2.45, 2.75) is 5.54 Å². The Balaban J connectivity index is 1.57. The Morgan fingerprint density at radius 1 is 0.947 bits per heavy atom. The van der Waals surface area contributed by atoms with Crippen LogP contribution in [0.25, 0.3) is 0 Å². The highest BCUT2D eigenvalue weighted by molar-refractivity contribution is 5.80. The van der Waals surface area contributed by atoms with E-state index in [1.165, 1.54) is 0 Å². The number of hydrogen-bond donors (Lipinski definition) is 1. The Labute approximate surface area is 112 Å². The molecule has 1 N–H and O–H groups in total. The molecular weight excluding hydrogens is 240 g/mol. The number of hydrogen-bond acceptors (Lipinski definition) is 5. The second-order valence-corrected chi connectivity index (χ2v) is 5.99. The van der Waals surface area contributed by atoms with E-state index in [2.05, 4.69) is 14.7 Å². The summed E-state index contributed by atoms with van der Waals surface area (Å²) in [5.74, 6) is 0.301. The van der Waals surface area contributed by atoms with Crippen LogP contribution in [0.4, 0.5) is 0 Å². The van der Waals surface area contributed by atoms with Gasteiger partial charge in [0, 0.05) is 25.8 Å². The maximum atomic E-state index is 9.29. The van der Waals surface area contributed by atoms with Crippen LogP contribution < -0.4 is 0 Å². The van der Waals surface area contributed by atoms with Crippen molar-refractivity contribution in [1.82, 2.24) is 14.7 Å². The van der Waals surface area contributed by atoms with Crippen LogP contribution in [0.3, 0.4) is 0 Å².